The molecule has 0 atom stereocenters. The third-order valence-electron chi connectivity index (χ3n) is 3.65. The van der Waals surface area contributed by atoms with Crippen molar-refractivity contribution in [3.63, 3.8) is 0 Å². The fourth-order valence-corrected chi connectivity index (χ4v) is 3.12. The van der Waals surface area contributed by atoms with Gasteiger partial charge in [-0.3, -0.25) is 4.79 Å². The number of hydrogen-bond acceptors (Lipinski definition) is 5. The van der Waals surface area contributed by atoms with E-state index in [1.54, 1.807) is 13.2 Å². The van der Waals surface area contributed by atoms with E-state index in [4.69, 9.17) is 9.47 Å². The van der Waals surface area contributed by atoms with Gasteiger partial charge in [0, 0.05) is 17.1 Å². The molecule has 1 amide bonds. The fraction of sp³-hybridized carbons (Fsp3) is 0.200. The summed E-state index contributed by atoms with van der Waals surface area (Å²) in [7, 11) is 1.59. The Hall–Kier alpha value is -2.86. The second-order valence-electron chi connectivity index (χ2n) is 5.79. The molecule has 1 aromatic heterocycles. The van der Waals surface area contributed by atoms with Gasteiger partial charge in [-0.25, -0.2) is 4.98 Å². The minimum atomic E-state index is -0.116. The molecule has 1 heterocycles. The van der Waals surface area contributed by atoms with Crippen molar-refractivity contribution in [2.24, 2.45) is 0 Å². The summed E-state index contributed by atoms with van der Waals surface area (Å²) < 4.78 is 10.9. The molecule has 0 aliphatic rings. The number of ether oxygens (including phenoxy) is 2. The topological polar surface area (TPSA) is 60.5 Å². The van der Waals surface area contributed by atoms with Crippen molar-refractivity contribution in [3.05, 3.63) is 70.2 Å². The van der Waals surface area contributed by atoms with Crippen LogP contribution in [0.5, 0.6) is 11.5 Å². The lowest BCUT2D eigenvalue weighted by molar-refractivity contribution is -0.115. The van der Waals surface area contributed by atoms with E-state index in [9.17, 15) is 4.79 Å². The van der Waals surface area contributed by atoms with Crippen LogP contribution in [0.3, 0.4) is 0 Å². The highest BCUT2D eigenvalue weighted by Crippen LogP contribution is 2.19. The van der Waals surface area contributed by atoms with Crippen LogP contribution in [-0.2, 0) is 17.8 Å². The standard InChI is InChI=1S/C20H20N2O3S/c1-14-5-3-8-18(9-14)25-12-20-22-16(13-26-20)11-19(23)21-15-6-4-7-17(10-15)24-2/h3-10,13H,11-12H2,1-2H3,(H,21,23). The molecular formula is C20H20N2O3S. The summed E-state index contributed by atoms with van der Waals surface area (Å²) in [5.41, 5.74) is 2.59. The first-order valence-corrected chi connectivity index (χ1v) is 9.07. The number of anilines is 1. The van der Waals surface area contributed by atoms with E-state index in [-0.39, 0.29) is 12.3 Å². The van der Waals surface area contributed by atoms with Gasteiger partial charge in [0.2, 0.25) is 5.91 Å². The molecule has 0 aliphatic carbocycles. The van der Waals surface area contributed by atoms with Gasteiger partial charge in [0.05, 0.1) is 19.2 Å². The number of hydrogen-bond donors (Lipinski definition) is 1. The lowest BCUT2D eigenvalue weighted by Gasteiger charge is -2.06. The van der Waals surface area contributed by atoms with Crippen LogP contribution < -0.4 is 14.8 Å². The average Bonchev–Trinajstić information content (AvgIpc) is 3.07. The summed E-state index contributed by atoms with van der Waals surface area (Å²) >= 11 is 1.49. The number of aryl methyl sites for hydroxylation is 1. The number of rotatable bonds is 7. The highest BCUT2D eigenvalue weighted by atomic mass is 32.1. The molecule has 26 heavy (non-hydrogen) atoms. The van der Waals surface area contributed by atoms with Gasteiger partial charge in [-0.2, -0.15) is 0 Å². The molecule has 0 aliphatic heterocycles. The molecule has 3 aromatic rings. The second-order valence-corrected chi connectivity index (χ2v) is 6.74. The molecule has 0 bridgehead atoms. The third kappa shape index (κ3) is 5.07. The van der Waals surface area contributed by atoms with Gasteiger partial charge in [-0.1, -0.05) is 18.2 Å². The van der Waals surface area contributed by atoms with Gasteiger partial charge in [0.1, 0.15) is 23.1 Å². The minimum Gasteiger partial charge on any atom is -0.497 e. The number of thiazole rings is 1. The first-order chi connectivity index (χ1) is 12.6. The summed E-state index contributed by atoms with van der Waals surface area (Å²) in [6.07, 6.45) is 0.220. The molecule has 3 rings (SSSR count). The van der Waals surface area contributed by atoms with Crippen LogP contribution in [0.1, 0.15) is 16.3 Å². The van der Waals surface area contributed by atoms with Crippen molar-refractivity contribution < 1.29 is 14.3 Å². The number of aromatic nitrogens is 1. The van der Waals surface area contributed by atoms with Crippen molar-refractivity contribution in [2.45, 2.75) is 20.0 Å². The van der Waals surface area contributed by atoms with Crippen LogP contribution in [0.15, 0.2) is 53.9 Å². The summed E-state index contributed by atoms with van der Waals surface area (Å²) in [4.78, 5) is 16.7. The van der Waals surface area contributed by atoms with E-state index in [2.05, 4.69) is 10.3 Å². The van der Waals surface area contributed by atoms with Crippen LogP contribution in [0.2, 0.25) is 0 Å². The Morgan fingerprint density at radius 3 is 2.77 bits per heavy atom. The van der Waals surface area contributed by atoms with Gasteiger partial charge < -0.3 is 14.8 Å². The highest BCUT2D eigenvalue weighted by molar-refractivity contribution is 7.09. The third-order valence-corrected chi connectivity index (χ3v) is 4.52. The first-order valence-electron chi connectivity index (χ1n) is 8.19. The van der Waals surface area contributed by atoms with Gasteiger partial charge in [-0.05, 0) is 36.8 Å². The van der Waals surface area contributed by atoms with Gasteiger partial charge in [0.25, 0.3) is 0 Å². The number of nitrogens with zero attached hydrogens (tertiary/aromatic N) is 1. The summed E-state index contributed by atoms with van der Waals surface area (Å²) in [5, 5.41) is 5.59. The van der Waals surface area contributed by atoms with E-state index in [0.717, 1.165) is 22.0 Å². The lowest BCUT2D eigenvalue weighted by atomic mass is 10.2. The maximum Gasteiger partial charge on any atom is 0.230 e. The number of carbonyl (C=O) groups is 1. The Morgan fingerprint density at radius 1 is 1.15 bits per heavy atom. The Kier molecular flexibility index (Phi) is 5.86. The van der Waals surface area contributed by atoms with Crippen LogP contribution in [0.25, 0.3) is 0 Å². The van der Waals surface area contributed by atoms with E-state index in [1.165, 1.54) is 11.3 Å². The Balaban J connectivity index is 1.53. The molecule has 0 saturated heterocycles. The molecule has 0 saturated carbocycles. The highest BCUT2D eigenvalue weighted by Gasteiger charge is 2.09. The number of amides is 1. The van der Waals surface area contributed by atoms with Gasteiger partial charge in [0.15, 0.2) is 0 Å². The van der Waals surface area contributed by atoms with Gasteiger partial charge >= 0.3 is 0 Å². The molecule has 0 radical (unpaired) electrons. The number of nitrogens with one attached hydrogen (secondary N) is 1. The number of carbonyl (C=O) groups excluding carboxylic acids is 1. The van der Waals surface area contributed by atoms with Gasteiger partial charge in [-0.15, -0.1) is 11.3 Å². The molecule has 5 nitrogen and oxygen atoms in total. The molecule has 1 N–H and O–H groups in total. The predicted octanol–water partition coefficient (Wildman–Crippen LogP) is 4.22. The molecule has 2 aromatic carbocycles. The van der Waals surface area contributed by atoms with E-state index in [1.807, 2.05) is 54.8 Å². The molecule has 0 unspecified atom stereocenters. The van der Waals surface area contributed by atoms with Crippen molar-refractivity contribution in [1.82, 2.24) is 4.98 Å². The largest absolute Gasteiger partial charge is 0.497 e. The van der Waals surface area contributed by atoms with Crippen molar-refractivity contribution in [2.75, 3.05) is 12.4 Å². The first kappa shape index (κ1) is 17.9. The molecular weight excluding hydrogens is 348 g/mol. The fourth-order valence-electron chi connectivity index (χ4n) is 2.42. The summed E-state index contributed by atoms with van der Waals surface area (Å²) in [5.74, 6) is 1.40. The predicted molar refractivity (Wildman–Crippen MR) is 103 cm³/mol. The molecule has 134 valence electrons. The Labute approximate surface area is 156 Å². The number of methoxy groups -OCH3 is 1. The second kappa shape index (κ2) is 8.49. The molecule has 6 heteroatoms. The summed E-state index contributed by atoms with van der Waals surface area (Å²) in [6, 6.07) is 15.1. The monoisotopic (exact) mass is 368 g/mol. The zero-order chi connectivity index (χ0) is 18.4. The lowest BCUT2D eigenvalue weighted by Crippen LogP contribution is -2.14. The summed E-state index contributed by atoms with van der Waals surface area (Å²) in [6.45, 7) is 2.42. The number of benzene rings is 2. The zero-order valence-corrected chi connectivity index (χ0v) is 15.5. The quantitative estimate of drug-likeness (QED) is 0.678. The van der Waals surface area contributed by atoms with Crippen LogP contribution in [0.4, 0.5) is 5.69 Å². The van der Waals surface area contributed by atoms with E-state index in [0.29, 0.717) is 18.0 Å². The van der Waals surface area contributed by atoms with Crippen LogP contribution in [0, 0.1) is 6.92 Å². The molecule has 0 spiro atoms. The maximum atomic E-state index is 12.2. The van der Waals surface area contributed by atoms with Crippen LogP contribution in [-0.4, -0.2) is 18.0 Å². The minimum absolute atomic E-state index is 0.116. The van der Waals surface area contributed by atoms with Crippen molar-refractivity contribution >= 4 is 22.9 Å². The Morgan fingerprint density at radius 2 is 1.96 bits per heavy atom. The Bertz CT molecular complexity index is 892. The maximum absolute atomic E-state index is 12.2. The van der Waals surface area contributed by atoms with E-state index < -0.39 is 0 Å². The average molecular weight is 368 g/mol. The zero-order valence-electron chi connectivity index (χ0n) is 14.7. The van der Waals surface area contributed by atoms with Crippen molar-refractivity contribution in [1.29, 1.82) is 0 Å². The smallest absolute Gasteiger partial charge is 0.230 e. The van der Waals surface area contributed by atoms with Crippen LogP contribution >= 0.6 is 11.3 Å². The van der Waals surface area contributed by atoms with Crippen molar-refractivity contribution in [3.8, 4) is 11.5 Å². The normalized spacial score (nSPS) is 10.4. The van der Waals surface area contributed by atoms with E-state index >= 15 is 0 Å². The SMILES string of the molecule is COc1cccc(NC(=O)Cc2csc(COc3cccc(C)c3)n2)c1. The molecule has 0 fully saturated rings.